The summed E-state index contributed by atoms with van der Waals surface area (Å²) >= 11 is 1.72. The molecule has 0 spiro atoms. The summed E-state index contributed by atoms with van der Waals surface area (Å²) in [5.41, 5.74) is 5.16. The average molecular weight is 253 g/mol. The number of pyridine rings is 1. The third-order valence-corrected chi connectivity index (χ3v) is 4.16. The largest absolute Gasteiger partial charge is 0.242 e. The molecule has 18 heavy (non-hydrogen) atoms. The van der Waals surface area contributed by atoms with Crippen LogP contribution in [0.5, 0.6) is 0 Å². The maximum absolute atomic E-state index is 4.76. The molecule has 0 N–H and O–H groups in total. The van der Waals surface area contributed by atoms with Crippen LogP contribution in [-0.2, 0) is 6.42 Å². The van der Waals surface area contributed by atoms with E-state index in [0.29, 0.717) is 0 Å². The van der Waals surface area contributed by atoms with Gasteiger partial charge in [0.05, 0.1) is 0 Å². The lowest BCUT2D eigenvalue weighted by Gasteiger charge is -2.11. The van der Waals surface area contributed by atoms with Crippen LogP contribution < -0.4 is 0 Å². The average Bonchev–Trinajstić information content (AvgIpc) is 2.86. The second-order valence-corrected chi connectivity index (χ2v) is 5.31. The van der Waals surface area contributed by atoms with Crippen LogP contribution in [-0.4, -0.2) is 4.98 Å². The Morgan fingerprint density at radius 2 is 1.89 bits per heavy atom. The first-order chi connectivity index (χ1) is 8.81. The molecule has 1 nitrogen and oxygen atoms in total. The number of benzene rings is 1. The number of hydrogen-bond donors (Lipinski definition) is 0. The Morgan fingerprint density at radius 1 is 1.11 bits per heavy atom. The van der Waals surface area contributed by atoms with Gasteiger partial charge >= 0.3 is 0 Å². The highest BCUT2D eigenvalue weighted by molar-refractivity contribution is 7.16. The van der Waals surface area contributed by atoms with E-state index in [9.17, 15) is 0 Å². The van der Waals surface area contributed by atoms with E-state index in [0.717, 1.165) is 11.3 Å². The Balaban J connectivity index is 2.39. The fourth-order valence-corrected chi connectivity index (χ4v) is 3.24. The van der Waals surface area contributed by atoms with Crippen LogP contribution >= 0.6 is 11.3 Å². The minimum atomic E-state index is 0.986. The van der Waals surface area contributed by atoms with E-state index in [-0.39, 0.29) is 0 Å². The number of nitrogens with zero attached hydrogens (tertiary/aromatic N) is 1. The minimum Gasteiger partial charge on any atom is -0.242 e. The second kappa shape index (κ2) is 4.54. The highest BCUT2D eigenvalue weighted by atomic mass is 32.1. The lowest BCUT2D eigenvalue weighted by molar-refractivity contribution is 1.03. The molecule has 3 aromatic rings. The number of aromatic nitrogens is 1. The molecule has 90 valence electrons. The van der Waals surface area contributed by atoms with Gasteiger partial charge in [0.25, 0.3) is 0 Å². The summed E-state index contributed by atoms with van der Waals surface area (Å²) < 4.78 is 0. The van der Waals surface area contributed by atoms with Crippen LogP contribution in [0.3, 0.4) is 0 Å². The van der Waals surface area contributed by atoms with Crippen molar-refractivity contribution in [2.45, 2.75) is 20.3 Å². The molecule has 0 bridgehead atoms. The maximum Gasteiger partial charge on any atom is 0.124 e. The summed E-state index contributed by atoms with van der Waals surface area (Å²) in [6.45, 7) is 4.36. The number of aryl methyl sites for hydroxylation is 1. The van der Waals surface area contributed by atoms with E-state index < -0.39 is 0 Å². The molecule has 0 fully saturated rings. The van der Waals surface area contributed by atoms with Gasteiger partial charge in [-0.15, -0.1) is 11.3 Å². The molecule has 1 aromatic carbocycles. The van der Waals surface area contributed by atoms with Crippen molar-refractivity contribution >= 4 is 21.6 Å². The summed E-state index contributed by atoms with van der Waals surface area (Å²) in [6.07, 6.45) is 0.986. The molecule has 0 saturated carbocycles. The Bertz CT molecular complexity index is 683. The van der Waals surface area contributed by atoms with Gasteiger partial charge < -0.3 is 0 Å². The third kappa shape index (κ3) is 1.73. The molecule has 0 saturated heterocycles. The minimum absolute atomic E-state index is 0.986. The zero-order valence-electron chi connectivity index (χ0n) is 10.6. The van der Waals surface area contributed by atoms with Crippen LogP contribution in [0.2, 0.25) is 0 Å². The highest BCUT2D eigenvalue weighted by Gasteiger charge is 2.12. The van der Waals surface area contributed by atoms with E-state index in [1.54, 1.807) is 11.3 Å². The van der Waals surface area contributed by atoms with E-state index in [1.807, 2.05) is 0 Å². The van der Waals surface area contributed by atoms with Crippen LogP contribution in [0.15, 0.2) is 41.8 Å². The van der Waals surface area contributed by atoms with Gasteiger partial charge in [-0.3, -0.25) is 0 Å². The molecular weight excluding hydrogens is 238 g/mol. The Hall–Kier alpha value is -1.67. The second-order valence-electron chi connectivity index (χ2n) is 4.42. The lowest BCUT2D eigenvalue weighted by atomic mass is 9.96. The van der Waals surface area contributed by atoms with Crippen molar-refractivity contribution in [3.05, 3.63) is 53.0 Å². The molecule has 2 heterocycles. The molecule has 0 radical (unpaired) electrons. The number of fused-ring (bicyclic) bond motifs is 1. The summed E-state index contributed by atoms with van der Waals surface area (Å²) in [4.78, 5) is 5.91. The van der Waals surface area contributed by atoms with Crippen molar-refractivity contribution < 1.29 is 0 Å². The summed E-state index contributed by atoms with van der Waals surface area (Å²) in [5.74, 6) is 0. The zero-order chi connectivity index (χ0) is 12.5. The molecule has 0 atom stereocenters. The highest BCUT2D eigenvalue weighted by Crippen LogP contribution is 2.34. The summed E-state index contributed by atoms with van der Waals surface area (Å²) in [6, 6.07) is 12.8. The van der Waals surface area contributed by atoms with Gasteiger partial charge in [-0.1, -0.05) is 37.3 Å². The molecule has 2 aromatic heterocycles. The van der Waals surface area contributed by atoms with Gasteiger partial charge in [-0.25, -0.2) is 4.98 Å². The first kappa shape index (κ1) is 11.4. The molecule has 0 aliphatic carbocycles. The predicted octanol–water partition coefficient (Wildman–Crippen LogP) is 4.83. The van der Waals surface area contributed by atoms with Crippen LogP contribution in [0, 0.1) is 6.92 Å². The van der Waals surface area contributed by atoms with Crippen molar-refractivity contribution in [1.29, 1.82) is 0 Å². The predicted molar refractivity (Wildman–Crippen MR) is 79.2 cm³/mol. The fraction of sp³-hybridized carbons (Fsp3) is 0.188. The maximum atomic E-state index is 4.76. The van der Waals surface area contributed by atoms with Crippen molar-refractivity contribution in [1.82, 2.24) is 4.98 Å². The number of rotatable bonds is 2. The Kier molecular flexibility index (Phi) is 2.88. The lowest BCUT2D eigenvalue weighted by Crippen LogP contribution is -1.95. The van der Waals surface area contributed by atoms with Crippen LogP contribution in [0.1, 0.15) is 18.2 Å². The molecule has 0 aliphatic rings. The molecule has 0 amide bonds. The van der Waals surface area contributed by atoms with Gasteiger partial charge in [0, 0.05) is 11.1 Å². The molecule has 0 aliphatic heterocycles. The molecule has 3 rings (SSSR count). The standard InChI is InChI=1S/C16H15NS/c1-3-14-11(2)15(12-7-5-4-6-8-12)13-9-10-18-16(13)17-14/h4-10H,3H2,1-2H3. The quantitative estimate of drug-likeness (QED) is 0.637. The zero-order valence-corrected chi connectivity index (χ0v) is 11.4. The van der Waals surface area contributed by atoms with Gasteiger partial charge in [-0.2, -0.15) is 0 Å². The SMILES string of the molecule is CCc1nc2sccc2c(-c2ccccc2)c1C. The first-order valence-electron chi connectivity index (χ1n) is 6.23. The van der Waals surface area contributed by atoms with Crippen molar-refractivity contribution in [3.63, 3.8) is 0 Å². The third-order valence-electron chi connectivity index (χ3n) is 3.36. The summed E-state index contributed by atoms with van der Waals surface area (Å²) in [7, 11) is 0. The van der Waals surface area contributed by atoms with Gasteiger partial charge in [0.2, 0.25) is 0 Å². The van der Waals surface area contributed by atoms with Gasteiger partial charge in [0.15, 0.2) is 0 Å². The van der Waals surface area contributed by atoms with E-state index in [2.05, 4.69) is 55.6 Å². The van der Waals surface area contributed by atoms with Gasteiger partial charge in [0.1, 0.15) is 4.83 Å². The van der Waals surface area contributed by atoms with Crippen LogP contribution in [0.25, 0.3) is 21.3 Å². The monoisotopic (exact) mass is 253 g/mol. The Morgan fingerprint density at radius 3 is 2.61 bits per heavy atom. The Labute approximate surface area is 111 Å². The van der Waals surface area contributed by atoms with E-state index in [1.165, 1.54) is 27.8 Å². The summed E-state index contributed by atoms with van der Waals surface area (Å²) in [5, 5.41) is 3.41. The van der Waals surface area contributed by atoms with E-state index in [4.69, 9.17) is 4.98 Å². The molecule has 2 heteroatoms. The van der Waals surface area contributed by atoms with Crippen LogP contribution in [0.4, 0.5) is 0 Å². The van der Waals surface area contributed by atoms with Gasteiger partial charge in [-0.05, 0) is 41.5 Å². The number of thiophene rings is 1. The van der Waals surface area contributed by atoms with E-state index >= 15 is 0 Å². The van der Waals surface area contributed by atoms with Crippen molar-refractivity contribution in [2.24, 2.45) is 0 Å². The van der Waals surface area contributed by atoms with Crippen molar-refractivity contribution in [3.8, 4) is 11.1 Å². The fourth-order valence-electron chi connectivity index (χ4n) is 2.45. The molecular formula is C16H15NS. The molecule has 0 unspecified atom stereocenters. The van der Waals surface area contributed by atoms with Crippen molar-refractivity contribution in [2.75, 3.05) is 0 Å². The number of hydrogen-bond acceptors (Lipinski definition) is 2. The smallest absolute Gasteiger partial charge is 0.124 e. The topological polar surface area (TPSA) is 12.9 Å². The first-order valence-corrected chi connectivity index (χ1v) is 7.11. The normalized spacial score (nSPS) is 11.0.